The van der Waals surface area contributed by atoms with Gasteiger partial charge in [0.2, 0.25) is 0 Å². The molecule has 1 heterocycles. The number of rotatable bonds is 9. The summed E-state index contributed by atoms with van der Waals surface area (Å²) >= 11 is 0. The fourth-order valence-corrected chi connectivity index (χ4v) is 3.82. The van der Waals surface area contributed by atoms with E-state index < -0.39 is 30.3 Å². The van der Waals surface area contributed by atoms with Crippen molar-refractivity contribution >= 4 is 5.69 Å². The number of benzene rings is 1. The molecule has 0 saturated carbocycles. The number of hydrogen-bond acceptors (Lipinski definition) is 5. The maximum absolute atomic E-state index is 13.8. The quantitative estimate of drug-likeness (QED) is 0.452. The van der Waals surface area contributed by atoms with Crippen LogP contribution >= 0.6 is 0 Å². The van der Waals surface area contributed by atoms with Crippen molar-refractivity contribution in [3.63, 3.8) is 0 Å². The molecule has 1 aliphatic heterocycles. The van der Waals surface area contributed by atoms with Crippen LogP contribution in [0.4, 0.5) is 32.0 Å². The monoisotopic (exact) mass is 458 g/mol. The summed E-state index contributed by atoms with van der Waals surface area (Å²) in [5.74, 6) is 0. The van der Waals surface area contributed by atoms with Gasteiger partial charge in [-0.1, -0.05) is 25.5 Å². The highest BCUT2D eigenvalue weighted by atomic mass is 19.4. The van der Waals surface area contributed by atoms with Crippen molar-refractivity contribution in [2.45, 2.75) is 37.7 Å². The summed E-state index contributed by atoms with van der Waals surface area (Å²) in [5, 5.41) is 9.06. The molecule has 0 aromatic heterocycles. The van der Waals surface area contributed by atoms with Crippen LogP contribution in [0.25, 0.3) is 0 Å². The van der Waals surface area contributed by atoms with Crippen LogP contribution in [0.2, 0.25) is 0 Å². The number of alkyl halides is 6. The van der Waals surface area contributed by atoms with Crippen LogP contribution in [0.1, 0.15) is 24.5 Å². The molecule has 2 rings (SSSR count). The van der Waals surface area contributed by atoms with Crippen molar-refractivity contribution in [1.82, 2.24) is 4.90 Å². The van der Waals surface area contributed by atoms with Gasteiger partial charge in [0.1, 0.15) is 6.79 Å². The Kier molecular flexibility index (Phi) is 8.60. The van der Waals surface area contributed by atoms with Crippen LogP contribution in [-0.2, 0) is 21.5 Å². The van der Waals surface area contributed by atoms with Gasteiger partial charge in [-0.05, 0) is 18.1 Å². The number of aliphatic hydroxyl groups is 1. The highest BCUT2D eigenvalue weighted by Gasteiger charge is 2.73. The summed E-state index contributed by atoms with van der Waals surface area (Å²) in [7, 11) is 0.958. The third-order valence-corrected chi connectivity index (χ3v) is 5.33. The van der Waals surface area contributed by atoms with E-state index in [0.717, 1.165) is 19.2 Å². The van der Waals surface area contributed by atoms with E-state index in [0.29, 0.717) is 56.8 Å². The van der Waals surface area contributed by atoms with E-state index in [9.17, 15) is 26.3 Å². The molecule has 5 nitrogen and oxygen atoms in total. The number of ether oxygens (including phenoxy) is 2. The molecular formula is C20H28F6N2O3. The standard InChI is InChI=1S/C20H28F6N2O3/c1-3-4-15-13-16(18(19(21,22)23,20(24,25)26)31-14-30-2)5-6-17(15)28-9-7-27(8-10-28)11-12-29/h5-6,13,29H,3-4,7-12,14H2,1-2H3. The van der Waals surface area contributed by atoms with E-state index in [1.54, 1.807) is 6.92 Å². The summed E-state index contributed by atoms with van der Waals surface area (Å²) in [6.07, 6.45) is -10.6. The summed E-state index contributed by atoms with van der Waals surface area (Å²) in [6, 6.07) is 3.10. The third-order valence-electron chi connectivity index (χ3n) is 5.33. The number of hydrogen-bond donors (Lipinski definition) is 1. The van der Waals surface area contributed by atoms with E-state index in [-0.39, 0.29) is 6.61 Å². The molecule has 0 amide bonds. The Morgan fingerprint density at radius 2 is 1.61 bits per heavy atom. The van der Waals surface area contributed by atoms with Gasteiger partial charge >= 0.3 is 12.4 Å². The van der Waals surface area contributed by atoms with Crippen molar-refractivity contribution < 1.29 is 40.9 Å². The van der Waals surface area contributed by atoms with E-state index in [2.05, 4.69) is 9.47 Å². The van der Waals surface area contributed by atoms with Crippen molar-refractivity contribution in [1.29, 1.82) is 0 Å². The lowest BCUT2D eigenvalue weighted by Gasteiger charge is -2.39. The molecule has 0 aliphatic carbocycles. The van der Waals surface area contributed by atoms with Gasteiger partial charge in [-0.25, -0.2) is 0 Å². The Morgan fingerprint density at radius 3 is 2.10 bits per heavy atom. The van der Waals surface area contributed by atoms with Crippen molar-refractivity contribution in [2.24, 2.45) is 0 Å². The van der Waals surface area contributed by atoms with Gasteiger partial charge in [-0.2, -0.15) is 26.3 Å². The highest BCUT2D eigenvalue weighted by molar-refractivity contribution is 5.56. The number of aliphatic hydroxyl groups excluding tert-OH is 1. The van der Waals surface area contributed by atoms with Crippen LogP contribution in [0, 0.1) is 0 Å². The highest BCUT2D eigenvalue weighted by Crippen LogP contribution is 2.53. The summed E-state index contributed by atoms with van der Waals surface area (Å²) in [4.78, 5) is 3.99. The smallest absolute Gasteiger partial charge is 0.395 e. The molecule has 1 aliphatic rings. The molecule has 0 spiro atoms. The van der Waals surface area contributed by atoms with Crippen molar-refractivity contribution in [3.8, 4) is 0 Å². The molecule has 1 aromatic rings. The summed E-state index contributed by atoms with van der Waals surface area (Å²) in [6.45, 7) is 3.56. The van der Waals surface area contributed by atoms with Crippen LogP contribution in [0.3, 0.4) is 0 Å². The lowest BCUT2D eigenvalue weighted by molar-refractivity contribution is -0.400. The van der Waals surface area contributed by atoms with Crippen LogP contribution < -0.4 is 4.90 Å². The zero-order chi connectivity index (χ0) is 23.3. The average Bonchev–Trinajstić information content (AvgIpc) is 2.68. The zero-order valence-electron chi connectivity index (χ0n) is 17.5. The van der Waals surface area contributed by atoms with Gasteiger partial charge < -0.3 is 19.5 Å². The van der Waals surface area contributed by atoms with Gasteiger partial charge in [0.25, 0.3) is 5.60 Å². The second-order valence-corrected chi connectivity index (χ2v) is 7.37. The lowest BCUT2D eigenvalue weighted by atomic mass is 9.89. The first-order valence-electron chi connectivity index (χ1n) is 9.99. The predicted octanol–water partition coefficient (Wildman–Crippen LogP) is 3.69. The maximum atomic E-state index is 13.8. The van der Waals surface area contributed by atoms with Crippen LogP contribution in [-0.4, -0.2) is 75.6 Å². The second-order valence-electron chi connectivity index (χ2n) is 7.37. The van der Waals surface area contributed by atoms with E-state index in [1.807, 2.05) is 9.80 Å². The zero-order valence-corrected chi connectivity index (χ0v) is 17.5. The first-order chi connectivity index (χ1) is 14.5. The molecule has 0 atom stereocenters. The fourth-order valence-electron chi connectivity index (χ4n) is 3.82. The third kappa shape index (κ3) is 5.44. The Bertz CT molecular complexity index is 689. The molecule has 31 heavy (non-hydrogen) atoms. The minimum absolute atomic E-state index is 0.0220. The largest absolute Gasteiger partial charge is 0.430 e. The molecule has 1 saturated heterocycles. The van der Waals surface area contributed by atoms with E-state index in [4.69, 9.17) is 5.11 Å². The number of methoxy groups -OCH3 is 1. The second kappa shape index (κ2) is 10.4. The van der Waals surface area contributed by atoms with Crippen LogP contribution in [0.15, 0.2) is 18.2 Å². The summed E-state index contributed by atoms with van der Waals surface area (Å²) in [5.41, 5.74) is -4.50. The van der Waals surface area contributed by atoms with Crippen LogP contribution in [0.5, 0.6) is 0 Å². The fraction of sp³-hybridized carbons (Fsp3) is 0.700. The SMILES string of the molecule is CCCc1cc(C(OCOC)(C(F)(F)F)C(F)(F)F)ccc1N1CCN(CCO)CC1. The topological polar surface area (TPSA) is 45.2 Å². The first-order valence-corrected chi connectivity index (χ1v) is 9.99. The van der Waals surface area contributed by atoms with E-state index in [1.165, 1.54) is 6.07 Å². The number of nitrogens with zero attached hydrogens (tertiary/aromatic N) is 2. The number of anilines is 1. The van der Waals surface area contributed by atoms with Gasteiger partial charge in [-0.3, -0.25) is 4.90 Å². The van der Waals surface area contributed by atoms with Gasteiger partial charge in [0.15, 0.2) is 0 Å². The first kappa shape index (κ1) is 25.7. The molecule has 0 bridgehead atoms. The molecule has 0 radical (unpaired) electrons. The molecule has 1 aromatic carbocycles. The average molecular weight is 458 g/mol. The Labute approximate surface area is 177 Å². The predicted molar refractivity (Wildman–Crippen MR) is 103 cm³/mol. The van der Waals surface area contributed by atoms with Crippen molar-refractivity contribution in [3.05, 3.63) is 29.3 Å². The Morgan fingerprint density at radius 1 is 1.00 bits per heavy atom. The number of halogens is 6. The van der Waals surface area contributed by atoms with Gasteiger partial charge in [0.05, 0.1) is 6.61 Å². The maximum Gasteiger partial charge on any atom is 0.430 e. The number of β-amino-alcohol motifs (C(OH)–C–C–N with tert-alkyl or cyclic N) is 1. The van der Waals surface area contributed by atoms with Gasteiger partial charge in [-0.15, -0.1) is 0 Å². The number of aryl methyl sites for hydroxylation is 1. The van der Waals surface area contributed by atoms with Gasteiger partial charge in [0, 0.05) is 51.1 Å². The molecule has 11 heteroatoms. The Hall–Kier alpha value is -1.56. The molecule has 0 unspecified atom stereocenters. The number of piperazine rings is 1. The van der Waals surface area contributed by atoms with E-state index >= 15 is 0 Å². The van der Waals surface area contributed by atoms with Crippen molar-refractivity contribution in [2.75, 3.05) is 58.1 Å². The minimum atomic E-state index is -5.75. The molecular weight excluding hydrogens is 430 g/mol. The normalized spacial score (nSPS) is 16.7. The molecule has 1 N–H and O–H groups in total. The minimum Gasteiger partial charge on any atom is -0.395 e. The lowest BCUT2D eigenvalue weighted by Crippen LogP contribution is -2.56. The molecule has 1 fully saturated rings. The summed E-state index contributed by atoms with van der Waals surface area (Å²) < 4.78 is 91.7. The Balaban J connectivity index is 2.49. The molecule has 178 valence electrons.